The fourth-order valence-electron chi connectivity index (χ4n) is 2.68. The Morgan fingerprint density at radius 1 is 1.12 bits per heavy atom. The van der Waals surface area contributed by atoms with Gasteiger partial charge in [-0.25, -0.2) is 4.79 Å². The molecule has 0 bridgehead atoms. The highest BCUT2D eigenvalue weighted by atomic mass is 16.6. The first-order valence-electron chi connectivity index (χ1n) is 7.69. The van der Waals surface area contributed by atoms with E-state index in [1.54, 1.807) is 31.2 Å². The molecule has 25 heavy (non-hydrogen) atoms. The molecular weight excluding hydrogens is 322 g/mol. The smallest absolute Gasteiger partial charge is 0.322 e. The zero-order chi connectivity index (χ0) is 18.0. The van der Waals surface area contributed by atoms with Crippen LogP contribution in [-0.4, -0.2) is 22.9 Å². The molecular formula is C18H17N3O4. The molecule has 2 amide bonds. The van der Waals surface area contributed by atoms with Crippen molar-refractivity contribution in [1.29, 1.82) is 0 Å². The molecule has 1 heterocycles. The van der Waals surface area contributed by atoms with E-state index < -0.39 is 11.0 Å². The third-order valence-corrected chi connectivity index (χ3v) is 4.09. The van der Waals surface area contributed by atoms with Gasteiger partial charge in [0.15, 0.2) is 0 Å². The molecule has 0 saturated heterocycles. The molecule has 1 aliphatic rings. The van der Waals surface area contributed by atoms with E-state index in [0.717, 1.165) is 0 Å². The molecule has 7 nitrogen and oxygen atoms in total. The maximum Gasteiger partial charge on any atom is 0.322 e. The van der Waals surface area contributed by atoms with Crippen LogP contribution in [0.1, 0.15) is 18.5 Å². The molecule has 0 spiro atoms. The maximum absolute atomic E-state index is 12.1. The molecule has 1 N–H and O–H groups in total. The van der Waals surface area contributed by atoms with Gasteiger partial charge in [-0.15, -0.1) is 0 Å². The van der Waals surface area contributed by atoms with Crippen molar-refractivity contribution in [1.82, 2.24) is 10.2 Å². The number of nitrogens with zero attached hydrogens (tertiary/aromatic N) is 2. The van der Waals surface area contributed by atoms with E-state index in [-0.39, 0.29) is 11.7 Å². The molecule has 1 aliphatic heterocycles. The number of rotatable bonds is 4. The molecule has 1 atom stereocenters. The second-order valence-corrected chi connectivity index (χ2v) is 5.66. The summed E-state index contributed by atoms with van der Waals surface area (Å²) in [6.07, 6.45) is 0. The summed E-state index contributed by atoms with van der Waals surface area (Å²) in [7, 11) is 1.50. The van der Waals surface area contributed by atoms with Crippen molar-refractivity contribution in [3.05, 3.63) is 81.7 Å². The highest BCUT2D eigenvalue weighted by Crippen LogP contribution is 2.32. The van der Waals surface area contributed by atoms with E-state index >= 15 is 0 Å². The lowest BCUT2D eigenvalue weighted by Gasteiger charge is -2.29. The molecule has 0 saturated carbocycles. The second kappa shape index (κ2) is 6.64. The Kier molecular flexibility index (Phi) is 4.38. The van der Waals surface area contributed by atoms with Crippen LogP contribution < -0.4 is 10.1 Å². The number of carbonyl (C=O) groups excluding carboxylic acids is 1. The zero-order valence-corrected chi connectivity index (χ0v) is 13.8. The van der Waals surface area contributed by atoms with Crippen LogP contribution in [-0.2, 0) is 0 Å². The molecule has 2 aromatic carbocycles. The molecule has 0 radical (unpaired) electrons. The van der Waals surface area contributed by atoms with Gasteiger partial charge in [0.2, 0.25) is 0 Å². The van der Waals surface area contributed by atoms with Crippen molar-refractivity contribution >= 4 is 6.03 Å². The number of carbonyl (C=O) groups is 1. The lowest BCUT2D eigenvalue weighted by Crippen LogP contribution is -2.45. The van der Waals surface area contributed by atoms with Gasteiger partial charge in [-0.05, 0) is 36.8 Å². The Labute approximate surface area is 144 Å². The van der Waals surface area contributed by atoms with Gasteiger partial charge in [-0.2, -0.15) is 0 Å². The van der Waals surface area contributed by atoms with Gasteiger partial charge in [-0.3, -0.25) is 15.0 Å². The van der Waals surface area contributed by atoms with E-state index in [1.807, 2.05) is 30.3 Å². The summed E-state index contributed by atoms with van der Waals surface area (Å²) >= 11 is 0. The van der Waals surface area contributed by atoms with Gasteiger partial charge in [-0.1, -0.05) is 30.3 Å². The molecule has 2 aromatic rings. The van der Waals surface area contributed by atoms with E-state index in [4.69, 9.17) is 4.74 Å². The fraction of sp³-hybridized carbons (Fsp3) is 0.167. The van der Waals surface area contributed by atoms with Gasteiger partial charge < -0.3 is 10.1 Å². The Balaban J connectivity index is 1.97. The average Bonchev–Trinajstić information content (AvgIpc) is 2.60. The first-order chi connectivity index (χ1) is 12.0. The minimum Gasteiger partial charge on any atom is -0.457 e. The summed E-state index contributed by atoms with van der Waals surface area (Å²) in [6, 6.07) is 14.9. The number of ether oxygens (including phenoxy) is 1. The third kappa shape index (κ3) is 3.30. The number of benzene rings is 2. The normalized spacial score (nSPS) is 17.3. The lowest BCUT2D eigenvalue weighted by atomic mass is 10.0. The zero-order valence-electron chi connectivity index (χ0n) is 13.8. The van der Waals surface area contributed by atoms with Crippen LogP contribution in [0.4, 0.5) is 4.79 Å². The maximum atomic E-state index is 12.1. The minimum absolute atomic E-state index is 0.0565. The van der Waals surface area contributed by atoms with Crippen molar-refractivity contribution in [2.24, 2.45) is 0 Å². The number of amides is 2. The summed E-state index contributed by atoms with van der Waals surface area (Å²) < 4.78 is 5.77. The highest BCUT2D eigenvalue weighted by molar-refractivity contribution is 5.78. The Bertz CT molecular complexity index is 848. The topological polar surface area (TPSA) is 84.7 Å². The van der Waals surface area contributed by atoms with E-state index in [2.05, 4.69) is 5.32 Å². The van der Waals surface area contributed by atoms with E-state index in [0.29, 0.717) is 22.8 Å². The van der Waals surface area contributed by atoms with Crippen LogP contribution in [0, 0.1) is 10.1 Å². The number of para-hydroxylation sites is 1. The number of nitrogens with one attached hydrogen (secondary N) is 1. The van der Waals surface area contributed by atoms with Crippen LogP contribution in [0.25, 0.3) is 0 Å². The van der Waals surface area contributed by atoms with Crippen molar-refractivity contribution in [3.8, 4) is 11.5 Å². The SMILES string of the molecule is CC1=C([N+](=O)[O-])C(c2cccc(Oc3ccccc3)c2)NC(=O)N1C. The van der Waals surface area contributed by atoms with Crippen LogP contribution in [0.3, 0.4) is 0 Å². The summed E-state index contributed by atoms with van der Waals surface area (Å²) in [6.45, 7) is 1.56. The van der Waals surface area contributed by atoms with Gasteiger partial charge in [0.05, 0.1) is 10.6 Å². The van der Waals surface area contributed by atoms with E-state index in [1.165, 1.54) is 11.9 Å². The summed E-state index contributed by atoms with van der Waals surface area (Å²) in [5.74, 6) is 1.20. The van der Waals surface area contributed by atoms with Crippen molar-refractivity contribution in [3.63, 3.8) is 0 Å². The predicted octanol–water partition coefficient (Wildman–Crippen LogP) is 3.68. The van der Waals surface area contributed by atoms with Crippen molar-refractivity contribution in [2.45, 2.75) is 13.0 Å². The lowest BCUT2D eigenvalue weighted by molar-refractivity contribution is -0.433. The highest BCUT2D eigenvalue weighted by Gasteiger charge is 2.38. The standard InChI is InChI=1S/C18H17N3O4/c1-12-17(21(23)24)16(19-18(22)20(12)2)13-7-6-10-15(11-13)25-14-8-4-3-5-9-14/h3-11,16H,1-2H3,(H,19,22). The molecule has 128 valence electrons. The van der Waals surface area contributed by atoms with Gasteiger partial charge in [0, 0.05) is 7.05 Å². The van der Waals surface area contributed by atoms with Crippen molar-refractivity contribution in [2.75, 3.05) is 7.05 Å². The van der Waals surface area contributed by atoms with Crippen LogP contribution in [0.2, 0.25) is 0 Å². The minimum atomic E-state index is -0.835. The summed E-state index contributed by atoms with van der Waals surface area (Å²) in [5, 5.41) is 14.2. The fourth-order valence-corrected chi connectivity index (χ4v) is 2.68. The van der Waals surface area contributed by atoms with Gasteiger partial charge in [0.25, 0.3) is 5.70 Å². The molecule has 3 rings (SSSR count). The third-order valence-electron chi connectivity index (χ3n) is 4.09. The Morgan fingerprint density at radius 2 is 1.80 bits per heavy atom. The molecule has 1 unspecified atom stereocenters. The number of hydrogen-bond donors (Lipinski definition) is 1. The Hall–Kier alpha value is -3.35. The second-order valence-electron chi connectivity index (χ2n) is 5.66. The quantitative estimate of drug-likeness (QED) is 0.680. The number of urea groups is 1. The summed E-state index contributed by atoms with van der Waals surface area (Å²) in [4.78, 5) is 24.4. The Morgan fingerprint density at radius 3 is 2.48 bits per heavy atom. The number of nitro groups is 1. The molecule has 0 aromatic heterocycles. The largest absolute Gasteiger partial charge is 0.457 e. The molecule has 0 aliphatic carbocycles. The van der Waals surface area contributed by atoms with Crippen LogP contribution in [0.5, 0.6) is 11.5 Å². The summed E-state index contributed by atoms with van der Waals surface area (Å²) in [5.41, 5.74) is 0.841. The monoisotopic (exact) mass is 339 g/mol. The van der Waals surface area contributed by atoms with Crippen LogP contribution in [0.15, 0.2) is 66.0 Å². The van der Waals surface area contributed by atoms with Gasteiger partial charge >= 0.3 is 6.03 Å². The van der Waals surface area contributed by atoms with Crippen LogP contribution >= 0.6 is 0 Å². The molecule has 7 heteroatoms. The van der Waals surface area contributed by atoms with E-state index in [9.17, 15) is 14.9 Å². The average molecular weight is 339 g/mol. The first-order valence-corrected chi connectivity index (χ1v) is 7.69. The molecule has 0 fully saturated rings. The van der Waals surface area contributed by atoms with Crippen molar-refractivity contribution < 1.29 is 14.5 Å². The van der Waals surface area contributed by atoms with Gasteiger partial charge in [0.1, 0.15) is 17.5 Å². The number of allylic oxidation sites excluding steroid dienone is 1. The number of hydrogen-bond acceptors (Lipinski definition) is 4. The first kappa shape index (κ1) is 16.5. The predicted molar refractivity (Wildman–Crippen MR) is 91.7 cm³/mol.